The molecule has 0 amide bonds. The van der Waals surface area contributed by atoms with Crippen LogP contribution in [-0.2, 0) is 13.0 Å². The summed E-state index contributed by atoms with van der Waals surface area (Å²) >= 11 is 0. The predicted molar refractivity (Wildman–Crippen MR) is 98.8 cm³/mol. The standard InChI is InChI=1S/C19H24FN5O/c1-11(2)24-8-6-14-17(10-24)23-25(18(14)21)19(26)13-5-7-22-16-4-3-12(20)9-15(13)16/h3-4,9,11,13,22H,5-8,10,21H2,1-2H3. The largest absolute Gasteiger partial charge is 0.385 e. The lowest BCUT2D eigenvalue weighted by Crippen LogP contribution is -2.35. The van der Waals surface area contributed by atoms with Crippen LogP contribution >= 0.6 is 0 Å². The molecule has 0 radical (unpaired) electrons. The topological polar surface area (TPSA) is 76.2 Å². The Bertz CT molecular complexity index is 860. The van der Waals surface area contributed by atoms with E-state index in [4.69, 9.17) is 5.73 Å². The van der Waals surface area contributed by atoms with Crippen LogP contribution in [0.3, 0.4) is 0 Å². The van der Waals surface area contributed by atoms with Crippen LogP contribution < -0.4 is 11.1 Å². The lowest BCUT2D eigenvalue weighted by Gasteiger charge is -2.29. The third kappa shape index (κ3) is 2.76. The molecule has 1 aromatic carbocycles. The zero-order valence-electron chi connectivity index (χ0n) is 15.1. The number of halogens is 1. The summed E-state index contributed by atoms with van der Waals surface area (Å²) in [5.74, 6) is -0.524. The van der Waals surface area contributed by atoms with E-state index < -0.39 is 5.92 Å². The summed E-state index contributed by atoms with van der Waals surface area (Å²) in [6, 6.07) is 4.94. The van der Waals surface area contributed by atoms with Gasteiger partial charge in [-0.15, -0.1) is 0 Å². The molecule has 2 aliphatic rings. The third-order valence-electron chi connectivity index (χ3n) is 5.48. The zero-order valence-corrected chi connectivity index (χ0v) is 15.1. The molecule has 26 heavy (non-hydrogen) atoms. The second-order valence-electron chi connectivity index (χ2n) is 7.37. The lowest BCUT2D eigenvalue weighted by molar-refractivity contribution is 0.0858. The van der Waals surface area contributed by atoms with Crippen molar-refractivity contribution in [2.45, 2.75) is 45.2 Å². The molecule has 0 saturated carbocycles. The number of hydrogen-bond acceptors (Lipinski definition) is 5. The van der Waals surface area contributed by atoms with E-state index in [2.05, 4.69) is 29.2 Å². The van der Waals surface area contributed by atoms with E-state index >= 15 is 0 Å². The minimum absolute atomic E-state index is 0.179. The molecule has 4 rings (SSSR count). The highest BCUT2D eigenvalue weighted by atomic mass is 19.1. The Morgan fingerprint density at radius 3 is 3.00 bits per heavy atom. The Kier molecular flexibility index (Phi) is 4.19. The summed E-state index contributed by atoms with van der Waals surface area (Å²) in [7, 11) is 0. The summed E-state index contributed by atoms with van der Waals surface area (Å²) in [6.07, 6.45) is 1.39. The molecule has 0 saturated heterocycles. The fourth-order valence-corrected chi connectivity index (χ4v) is 3.94. The number of nitrogens with two attached hydrogens (primary N) is 1. The van der Waals surface area contributed by atoms with Crippen LogP contribution in [0.15, 0.2) is 18.2 Å². The van der Waals surface area contributed by atoms with Crippen molar-refractivity contribution in [3.63, 3.8) is 0 Å². The van der Waals surface area contributed by atoms with Crippen molar-refractivity contribution in [2.75, 3.05) is 24.1 Å². The van der Waals surface area contributed by atoms with Gasteiger partial charge in [-0.2, -0.15) is 9.78 Å². The van der Waals surface area contributed by atoms with Crippen LogP contribution in [0.5, 0.6) is 0 Å². The van der Waals surface area contributed by atoms with Gasteiger partial charge in [0, 0.05) is 36.9 Å². The van der Waals surface area contributed by atoms with E-state index in [1.54, 1.807) is 6.07 Å². The number of nitrogen functional groups attached to an aromatic ring is 1. The van der Waals surface area contributed by atoms with Gasteiger partial charge in [-0.05, 0) is 50.5 Å². The van der Waals surface area contributed by atoms with Gasteiger partial charge >= 0.3 is 0 Å². The van der Waals surface area contributed by atoms with Gasteiger partial charge in [-0.3, -0.25) is 9.69 Å². The van der Waals surface area contributed by atoms with Gasteiger partial charge in [-0.25, -0.2) is 4.39 Å². The molecule has 1 atom stereocenters. The molecular formula is C19H24FN5O. The molecule has 0 fully saturated rings. The molecule has 1 aromatic heterocycles. The van der Waals surface area contributed by atoms with E-state index in [0.717, 1.165) is 29.9 Å². The minimum atomic E-state index is -0.438. The number of anilines is 2. The Morgan fingerprint density at radius 2 is 2.23 bits per heavy atom. The van der Waals surface area contributed by atoms with Gasteiger partial charge in [0.05, 0.1) is 11.6 Å². The van der Waals surface area contributed by atoms with Crippen molar-refractivity contribution in [1.29, 1.82) is 0 Å². The highest BCUT2D eigenvalue weighted by molar-refractivity contribution is 5.90. The molecule has 0 aliphatic carbocycles. The molecule has 3 N–H and O–H groups in total. The van der Waals surface area contributed by atoms with Crippen molar-refractivity contribution in [1.82, 2.24) is 14.7 Å². The van der Waals surface area contributed by atoms with Crippen molar-refractivity contribution in [3.05, 3.63) is 40.8 Å². The van der Waals surface area contributed by atoms with Gasteiger partial charge < -0.3 is 11.1 Å². The van der Waals surface area contributed by atoms with Crippen LogP contribution in [0.4, 0.5) is 15.9 Å². The smallest absolute Gasteiger partial charge is 0.256 e. The molecule has 2 aromatic rings. The quantitative estimate of drug-likeness (QED) is 0.864. The number of aromatic nitrogens is 2. The summed E-state index contributed by atoms with van der Waals surface area (Å²) in [5, 5.41) is 7.76. The number of carbonyl (C=O) groups is 1. The summed E-state index contributed by atoms with van der Waals surface area (Å²) < 4.78 is 15.1. The highest BCUT2D eigenvalue weighted by Crippen LogP contribution is 2.34. The van der Waals surface area contributed by atoms with Crippen LogP contribution in [-0.4, -0.2) is 39.7 Å². The zero-order chi connectivity index (χ0) is 18.4. The number of fused-ring (bicyclic) bond motifs is 2. The van der Waals surface area contributed by atoms with Crippen molar-refractivity contribution >= 4 is 17.4 Å². The molecule has 7 heteroatoms. The molecule has 1 unspecified atom stereocenters. The van der Waals surface area contributed by atoms with Gasteiger partial charge in [0.15, 0.2) is 0 Å². The number of hydrogen-bond donors (Lipinski definition) is 2. The fourth-order valence-electron chi connectivity index (χ4n) is 3.94. The molecule has 0 bridgehead atoms. The lowest BCUT2D eigenvalue weighted by atomic mass is 9.90. The van der Waals surface area contributed by atoms with E-state index in [1.165, 1.54) is 16.8 Å². The van der Waals surface area contributed by atoms with Crippen molar-refractivity contribution < 1.29 is 9.18 Å². The second-order valence-corrected chi connectivity index (χ2v) is 7.37. The third-order valence-corrected chi connectivity index (χ3v) is 5.48. The first-order valence-corrected chi connectivity index (χ1v) is 9.13. The Hall–Kier alpha value is -2.41. The van der Waals surface area contributed by atoms with Crippen LogP contribution in [0.1, 0.15) is 47.8 Å². The van der Waals surface area contributed by atoms with Crippen LogP contribution in [0, 0.1) is 5.82 Å². The minimum Gasteiger partial charge on any atom is -0.385 e. The summed E-state index contributed by atoms with van der Waals surface area (Å²) in [5.41, 5.74) is 9.61. The summed E-state index contributed by atoms with van der Waals surface area (Å²) in [4.78, 5) is 15.5. The Balaban J connectivity index is 1.68. The predicted octanol–water partition coefficient (Wildman–Crippen LogP) is 2.61. The van der Waals surface area contributed by atoms with E-state index in [0.29, 0.717) is 36.9 Å². The van der Waals surface area contributed by atoms with Crippen molar-refractivity contribution in [2.24, 2.45) is 0 Å². The SMILES string of the molecule is CC(C)N1CCc2c(nn(C(=O)C3CCNc4ccc(F)cc43)c2N)C1. The van der Waals surface area contributed by atoms with Crippen LogP contribution in [0.25, 0.3) is 0 Å². The number of nitrogens with one attached hydrogen (secondary N) is 1. The highest BCUT2D eigenvalue weighted by Gasteiger charge is 2.32. The number of nitrogens with zero attached hydrogens (tertiary/aromatic N) is 3. The molecule has 2 aliphatic heterocycles. The molecule has 0 spiro atoms. The molecule has 6 nitrogen and oxygen atoms in total. The fraction of sp³-hybridized carbons (Fsp3) is 0.474. The van der Waals surface area contributed by atoms with E-state index in [-0.39, 0.29) is 11.7 Å². The second kappa shape index (κ2) is 6.39. The van der Waals surface area contributed by atoms with Crippen LogP contribution in [0.2, 0.25) is 0 Å². The monoisotopic (exact) mass is 357 g/mol. The van der Waals surface area contributed by atoms with E-state index in [1.807, 2.05) is 0 Å². The van der Waals surface area contributed by atoms with Crippen molar-refractivity contribution in [3.8, 4) is 0 Å². The number of rotatable bonds is 2. The van der Waals surface area contributed by atoms with E-state index in [9.17, 15) is 9.18 Å². The Labute approximate surface area is 152 Å². The maximum Gasteiger partial charge on any atom is 0.256 e. The van der Waals surface area contributed by atoms with Gasteiger partial charge in [-0.1, -0.05) is 0 Å². The van der Waals surface area contributed by atoms with Gasteiger partial charge in [0.1, 0.15) is 11.6 Å². The Morgan fingerprint density at radius 1 is 1.42 bits per heavy atom. The normalized spacial score (nSPS) is 19.8. The maximum absolute atomic E-state index is 13.7. The number of benzene rings is 1. The average Bonchev–Trinajstić information content (AvgIpc) is 2.96. The first-order chi connectivity index (χ1) is 12.5. The first kappa shape index (κ1) is 17.0. The average molecular weight is 357 g/mol. The van der Waals surface area contributed by atoms with Gasteiger partial charge in [0.25, 0.3) is 5.91 Å². The maximum atomic E-state index is 13.7. The van der Waals surface area contributed by atoms with Gasteiger partial charge in [0.2, 0.25) is 0 Å². The summed E-state index contributed by atoms with van der Waals surface area (Å²) in [6.45, 7) is 6.58. The number of carbonyl (C=O) groups excluding carboxylic acids is 1. The molecule has 138 valence electrons. The molecule has 3 heterocycles. The first-order valence-electron chi connectivity index (χ1n) is 9.13. The molecular weight excluding hydrogens is 333 g/mol.